The molecule has 0 atom stereocenters. The van der Waals surface area contributed by atoms with E-state index in [2.05, 4.69) is 4.72 Å². The van der Waals surface area contributed by atoms with Crippen molar-refractivity contribution < 1.29 is 22.9 Å². The molecule has 26 heavy (non-hydrogen) atoms. The number of aryl methyl sites for hydroxylation is 1. The minimum atomic E-state index is -3.98. The van der Waals surface area contributed by atoms with Gasteiger partial charge >= 0.3 is 5.97 Å². The molecule has 1 aliphatic carbocycles. The van der Waals surface area contributed by atoms with Gasteiger partial charge in [0.2, 0.25) is 0 Å². The van der Waals surface area contributed by atoms with Gasteiger partial charge in [0.1, 0.15) is 5.00 Å². The lowest BCUT2D eigenvalue weighted by Crippen LogP contribution is -2.15. The Morgan fingerprint density at radius 3 is 2.62 bits per heavy atom. The third-order valence-corrected chi connectivity index (χ3v) is 6.69. The van der Waals surface area contributed by atoms with Gasteiger partial charge in [-0.3, -0.25) is 14.8 Å². The van der Waals surface area contributed by atoms with E-state index >= 15 is 0 Å². The average molecular weight is 396 g/mol. The number of rotatable bonds is 6. The minimum absolute atomic E-state index is 0.119. The number of esters is 1. The number of nitrogens with one attached hydrogen (secondary N) is 1. The van der Waals surface area contributed by atoms with Crippen LogP contribution in [0.1, 0.15) is 34.1 Å². The fraction of sp³-hybridized carbons (Fsp3) is 0.312. The number of sulfonamides is 1. The van der Waals surface area contributed by atoms with Crippen molar-refractivity contribution in [2.45, 2.75) is 31.1 Å². The standard InChI is InChI=1S/C16H16N2O6S2/c1-2-24-16(19)14-12-4-3-5-13(12)25-15(14)17-26(22,23)11-8-6-10(7-9-11)18(20)21/h6-9,17H,2-5H2,1H3. The molecule has 0 amide bonds. The molecule has 0 radical (unpaired) electrons. The second kappa shape index (κ2) is 7.04. The molecule has 1 heterocycles. The van der Waals surface area contributed by atoms with Gasteiger partial charge in [0.25, 0.3) is 15.7 Å². The Morgan fingerprint density at radius 2 is 2.00 bits per heavy atom. The quantitative estimate of drug-likeness (QED) is 0.456. The Bertz CT molecular complexity index is 963. The van der Waals surface area contributed by atoms with E-state index in [0.717, 1.165) is 47.5 Å². The lowest BCUT2D eigenvalue weighted by molar-refractivity contribution is -0.384. The van der Waals surface area contributed by atoms with Crippen LogP contribution in [0.3, 0.4) is 0 Å². The molecule has 1 N–H and O–H groups in total. The van der Waals surface area contributed by atoms with Crippen molar-refractivity contribution in [2.75, 3.05) is 11.3 Å². The van der Waals surface area contributed by atoms with E-state index in [1.54, 1.807) is 6.92 Å². The number of carbonyl (C=O) groups is 1. The third kappa shape index (κ3) is 3.42. The summed E-state index contributed by atoms with van der Waals surface area (Å²) in [6.45, 7) is 1.88. The largest absolute Gasteiger partial charge is 0.462 e. The van der Waals surface area contributed by atoms with E-state index in [-0.39, 0.29) is 27.8 Å². The first-order valence-electron chi connectivity index (χ1n) is 7.92. The van der Waals surface area contributed by atoms with Gasteiger partial charge in [-0.15, -0.1) is 11.3 Å². The number of nitrogens with zero attached hydrogens (tertiary/aromatic N) is 1. The summed E-state index contributed by atoms with van der Waals surface area (Å²) in [5.74, 6) is -0.548. The van der Waals surface area contributed by atoms with Gasteiger partial charge in [0.05, 0.1) is 22.0 Å². The maximum atomic E-state index is 12.6. The van der Waals surface area contributed by atoms with Crippen LogP contribution < -0.4 is 4.72 Å². The van der Waals surface area contributed by atoms with E-state index in [1.165, 1.54) is 11.3 Å². The highest BCUT2D eigenvalue weighted by Crippen LogP contribution is 2.40. The van der Waals surface area contributed by atoms with Crippen LogP contribution in [-0.2, 0) is 27.6 Å². The minimum Gasteiger partial charge on any atom is -0.462 e. The highest BCUT2D eigenvalue weighted by molar-refractivity contribution is 7.93. The molecule has 0 bridgehead atoms. The van der Waals surface area contributed by atoms with Crippen LogP contribution in [0.15, 0.2) is 29.2 Å². The molecule has 2 aromatic rings. The molecule has 0 aliphatic heterocycles. The van der Waals surface area contributed by atoms with Gasteiger partial charge in [-0.2, -0.15) is 0 Å². The van der Waals surface area contributed by atoms with Crippen LogP contribution in [0.4, 0.5) is 10.7 Å². The predicted octanol–water partition coefficient (Wildman–Crippen LogP) is 3.12. The van der Waals surface area contributed by atoms with Gasteiger partial charge in [0, 0.05) is 17.0 Å². The molecular weight excluding hydrogens is 380 g/mol. The summed E-state index contributed by atoms with van der Waals surface area (Å²) in [4.78, 5) is 23.3. The number of anilines is 1. The molecule has 0 unspecified atom stereocenters. The summed E-state index contributed by atoms with van der Waals surface area (Å²) in [6, 6.07) is 4.56. The number of hydrogen-bond donors (Lipinski definition) is 1. The predicted molar refractivity (Wildman–Crippen MR) is 96.2 cm³/mol. The monoisotopic (exact) mass is 396 g/mol. The smallest absolute Gasteiger partial charge is 0.341 e. The van der Waals surface area contributed by atoms with E-state index in [0.29, 0.717) is 6.42 Å². The SMILES string of the molecule is CCOC(=O)c1c(NS(=O)(=O)c2ccc([N+](=O)[O-])cc2)sc2c1CCC2. The zero-order chi connectivity index (χ0) is 18.9. The Kier molecular flexibility index (Phi) is 4.97. The summed E-state index contributed by atoms with van der Waals surface area (Å²) in [5.41, 5.74) is 0.913. The fourth-order valence-electron chi connectivity index (χ4n) is 2.82. The summed E-state index contributed by atoms with van der Waals surface area (Å²) >= 11 is 1.23. The van der Waals surface area contributed by atoms with Crippen molar-refractivity contribution in [1.82, 2.24) is 0 Å². The molecule has 10 heteroatoms. The number of fused-ring (bicyclic) bond motifs is 1. The first-order valence-corrected chi connectivity index (χ1v) is 10.2. The molecule has 1 aromatic heterocycles. The number of non-ortho nitro benzene ring substituents is 1. The van der Waals surface area contributed by atoms with Crippen LogP contribution >= 0.6 is 11.3 Å². The Balaban J connectivity index is 1.95. The average Bonchev–Trinajstić information content (AvgIpc) is 3.15. The van der Waals surface area contributed by atoms with Crippen LogP contribution in [0.2, 0.25) is 0 Å². The summed E-state index contributed by atoms with van der Waals surface area (Å²) in [7, 11) is -3.98. The molecule has 138 valence electrons. The Labute approximate surface area is 154 Å². The molecule has 0 saturated heterocycles. The van der Waals surface area contributed by atoms with Crippen molar-refractivity contribution in [3.8, 4) is 0 Å². The van der Waals surface area contributed by atoms with Crippen LogP contribution in [0, 0.1) is 10.1 Å². The molecule has 0 spiro atoms. The first kappa shape index (κ1) is 18.3. The van der Waals surface area contributed by atoms with E-state index in [1.807, 2.05) is 0 Å². The van der Waals surface area contributed by atoms with Crippen LogP contribution in [0.5, 0.6) is 0 Å². The summed E-state index contributed by atoms with van der Waals surface area (Å²) in [5, 5.41) is 10.9. The highest BCUT2D eigenvalue weighted by Gasteiger charge is 2.30. The summed E-state index contributed by atoms with van der Waals surface area (Å²) < 4.78 is 32.7. The van der Waals surface area contributed by atoms with Crippen molar-refractivity contribution in [3.63, 3.8) is 0 Å². The number of carbonyl (C=O) groups excluding carboxylic acids is 1. The second-order valence-corrected chi connectivity index (χ2v) is 8.43. The topological polar surface area (TPSA) is 116 Å². The van der Waals surface area contributed by atoms with Crippen molar-refractivity contribution in [1.29, 1.82) is 0 Å². The van der Waals surface area contributed by atoms with Crippen LogP contribution in [-0.4, -0.2) is 25.9 Å². The van der Waals surface area contributed by atoms with Gasteiger partial charge in [0.15, 0.2) is 0 Å². The number of nitro benzene ring substituents is 1. The lowest BCUT2D eigenvalue weighted by Gasteiger charge is -2.09. The highest BCUT2D eigenvalue weighted by atomic mass is 32.2. The van der Waals surface area contributed by atoms with Gasteiger partial charge in [-0.1, -0.05) is 0 Å². The third-order valence-electron chi connectivity index (χ3n) is 3.99. The van der Waals surface area contributed by atoms with Crippen molar-refractivity contribution >= 4 is 38.0 Å². The molecule has 3 rings (SSSR count). The van der Waals surface area contributed by atoms with Gasteiger partial charge < -0.3 is 4.74 Å². The Hall–Kier alpha value is -2.46. The van der Waals surface area contributed by atoms with Crippen molar-refractivity contribution in [2.24, 2.45) is 0 Å². The lowest BCUT2D eigenvalue weighted by atomic mass is 10.1. The normalized spacial score (nSPS) is 13.3. The molecular formula is C16H16N2O6S2. The summed E-state index contributed by atoms with van der Waals surface area (Å²) in [6.07, 6.45) is 2.42. The van der Waals surface area contributed by atoms with E-state index in [9.17, 15) is 23.3 Å². The number of benzene rings is 1. The van der Waals surface area contributed by atoms with Crippen LogP contribution in [0.25, 0.3) is 0 Å². The zero-order valence-electron chi connectivity index (χ0n) is 13.9. The Morgan fingerprint density at radius 1 is 1.31 bits per heavy atom. The number of ether oxygens (including phenoxy) is 1. The number of thiophene rings is 1. The van der Waals surface area contributed by atoms with Gasteiger partial charge in [-0.25, -0.2) is 13.2 Å². The molecule has 0 fully saturated rings. The van der Waals surface area contributed by atoms with E-state index < -0.39 is 20.9 Å². The molecule has 1 aromatic carbocycles. The number of nitro groups is 1. The number of hydrogen-bond acceptors (Lipinski definition) is 7. The first-order chi connectivity index (χ1) is 12.3. The van der Waals surface area contributed by atoms with Crippen molar-refractivity contribution in [3.05, 3.63) is 50.4 Å². The van der Waals surface area contributed by atoms with Gasteiger partial charge in [-0.05, 0) is 43.9 Å². The maximum Gasteiger partial charge on any atom is 0.341 e. The van der Waals surface area contributed by atoms with E-state index in [4.69, 9.17) is 4.74 Å². The molecule has 8 nitrogen and oxygen atoms in total. The molecule has 0 saturated carbocycles. The maximum absolute atomic E-state index is 12.6. The fourth-order valence-corrected chi connectivity index (χ4v) is 5.41. The zero-order valence-corrected chi connectivity index (χ0v) is 15.5. The second-order valence-electron chi connectivity index (χ2n) is 5.64. The molecule has 1 aliphatic rings.